The number of aryl methyl sites for hydroxylation is 1. The highest BCUT2D eigenvalue weighted by Gasteiger charge is 2.18. The number of fused-ring (bicyclic) bond motifs is 3. The first-order valence-electron chi connectivity index (χ1n) is 11.0. The number of hydrogen-bond acceptors (Lipinski definition) is 5. The van der Waals surface area contributed by atoms with E-state index < -0.39 is 0 Å². The van der Waals surface area contributed by atoms with Gasteiger partial charge in [0, 0.05) is 36.4 Å². The summed E-state index contributed by atoms with van der Waals surface area (Å²) in [7, 11) is 0. The Morgan fingerprint density at radius 3 is 2.58 bits per heavy atom. The van der Waals surface area contributed by atoms with Crippen molar-refractivity contribution in [3.8, 4) is 11.4 Å². The molecule has 0 bridgehead atoms. The number of hydrogen-bond donors (Lipinski definition) is 2. The number of nitrogens with one attached hydrogen (secondary N) is 1. The van der Waals surface area contributed by atoms with Gasteiger partial charge >= 0.3 is 0 Å². The maximum atomic E-state index is 12.2. The molecule has 7 heteroatoms. The van der Waals surface area contributed by atoms with Crippen LogP contribution in [0.15, 0.2) is 79.1 Å². The predicted molar refractivity (Wildman–Crippen MR) is 131 cm³/mol. The second-order valence-electron chi connectivity index (χ2n) is 7.87. The summed E-state index contributed by atoms with van der Waals surface area (Å²) in [6, 6.07) is 21.6. The van der Waals surface area contributed by atoms with Crippen molar-refractivity contribution in [1.29, 1.82) is 0 Å². The molecule has 3 N–H and O–H groups in total. The summed E-state index contributed by atoms with van der Waals surface area (Å²) < 4.78 is 2.23. The van der Waals surface area contributed by atoms with E-state index in [1.54, 1.807) is 24.5 Å². The van der Waals surface area contributed by atoms with Gasteiger partial charge in [-0.15, -0.1) is 0 Å². The number of amides is 1. The van der Waals surface area contributed by atoms with E-state index in [4.69, 9.17) is 10.7 Å². The van der Waals surface area contributed by atoms with Crippen molar-refractivity contribution in [2.45, 2.75) is 19.4 Å². The Morgan fingerprint density at radius 1 is 0.939 bits per heavy atom. The lowest BCUT2D eigenvalue weighted by Crippen LogP contribution is -2.24. The molecule has 3 heterocycles. The molecule has 0 aliphatic carbocycles. The topological polar surface area (TPSA) is 98.7 Å². The molecule has 0 saturated heterocycles. The van der Waals surface area contributed by atoms with Crippen molar-refractivity contribution in [2.75, 3.05) is 12.3 Å². The Labute approximate surface area is 191 Å². The molecule has 5 rings (SSSR count). The molecule has 5 aromatic rings. The van der Waals surface area contributed by atoms with Crippen molar-refractivity contribution in [3.05, 3.63) is 84.7 Å². The molecule has 0 aliphatic heterocycles. The van der Waals surface area contributed by atoms with Crippen molar-refractivity contribution in [3.63, 3.8) is 0 Å². The Bertz CT molecular complexity index is 1410. The van der Waals surface area contributed by atoms with Crippen LogP contribution in [0.2, 0.25) is 0 Å². The minimum atomic E-state index is -0.106. The minimum Gasteiger partial charge on any atom is -0.382 e. The van der Waals surface area contributed by atoms with Crippen LogP contribution >= 0.6 is 0 Å². The number of pyridine rings is 2. The molecule has 0 aliphatic rings. The van der Waals surface area contributed by atoms with Crippen LogP contribution in [0.5, 0.6) is 0 Å². The molecular formula is C26H24N6O. The molecule has 7 nitrogen and oxygen atoms in total. The summed E-state index contributed by atoms with van der Waals surface area (Å²) in [4.78, 5) is 25.7. The zero-order valence-corrected chi connectivity index (χ0v) is 18.1. The van der Waals surface area contributed by atoms with Gasteiger partial charge in [-0.05, 0) is 31.0 Å². The summed E-state index contributed by atoms with van der Waals surface area (Å²) in [5.41, 5.74) is 10.5. The fraction of sp³-hybridized carbons (Fsp3) is 0.154. The number of rotatable bonds is 7. The smallest absolute Gasteiger partial charge is 0.252 e. The number of nitrogens with two attached hydrogens (primary N) is 1. The first-order chi connectivity index (χ1) is 16.2. The van der Waals surface area contributed by atoms with Gasteiger partial charge in [0.1, 0.15) is 11.3 Å². The van der Waals surface area contributed by atoms with E-state index in [0.29, 0.717) is 17.9 Å². The van der Waals surface area contributed by atoms with E-state index in [0.717, 1.165) is 52.7 Å². The summed E-state index contributed by atoms with van der Waals surface area (Å²) in [5.74, 6) is 1.20. The molecule has 0 spiro atoms. The van der Waals surface area contributed by atoms with E-state index in [1.807, 2.05) is 36.4 Å². The van der Waals surface area contributed by atoms with Gasteiger partial charge in [0.15, 0.2) is 5.82 Å². The minimum absolute atomic E-state index is 0.106. The van der Waals surface area contributed by atoms with Crippen LogP contribution in [0, 0.1) is 0 Å². The van der Waals surface area contributed by atoms with Gasteiger partial charge in [0.05, 0.1) is 16.6 Å². The number of anilines is 1. The Balaban J connectivity index is 1.42. The lowest BCUT2D eigenvalue weighted by Gasteiger charge is -2.11. The average molecular weight is 437 g/mol. The lowest BCUT2D eigenvalue weighted by molar-refractivity contribution is 0.0952. The van der Waals surface area contributed by atoms with Crippen LogP contribution in [-0.4, -0.2) is 32.0 Å². The maximum absolute atomic E-state index is 12.2. The van der Waals surface area contributed by atoms with E-state index in [9.17, 15) is 4.79 Å². The molecular weight excluding hydrogens is 412 g/mol. The third-order valence-corrected chi connectivity index (χ3v) is 5.66. The van der Waals surface area contributed by atoms with E-state index in [1.165, 1.54) is 0 Å². The fourth-order valence-electron chi connectivity index (χ4n) is 4.08. The van der Waals surface area contributed by atoms with Gasteiger partial charge in [-0.2, -0.15) is 0 Å². The summed E-state index contributed by atoms with van der Waals surface area (Å²) in [6.07, 6.45) is 4.93. The van der Waals surface area contributed by atoms with Gasteiger partial charge in [0.2, 0.25) is 0 Å². The van der Waals surface area contributed by atoms with Crippen LogP contribution in [0.3, 0.4) is 0 Å². The quantitative estimate of drug-likeness (QED) is 0.368. The highest BCUT2D eigenvalue weighted by molar-refractivity contribution is 6.07. The second kappa shape index (κ2) is 9.08. The number of unbranched alkanes of at least 4 members (excludes halogenated alkanes) is 1. The monoisotopic (exact) mass is 436 g/mol. The number of nitrogens with zero attached hydrogens (tertiary/aromatic N) is 4. The van der Waals surface area contributed by atoms with Gasteiger partial charge in [-0.3, -0.25) is 9.78 Å². The maximum Gasteiger partial charge on any atom is 0.252 e. The van der Waals surface area contributed by atoms with Crippen molar-refractivity contribution >= 4 is 33.7 Å². The van der Waals surface area contributed by atoms with E-state index >= 15 is 0 Å². The summed E-state index contributed by atoms with van der Waals surface area (Å²) >= 11 is 0. The molecule has 1 amide bonds. The zero-order valence-electron chi connectivity index (χ0n) is 18.1. The van der Waals surface area contributed by atoms with Crippen molar-refractivity contribution in [1.82, 2.24) is 24.8 Å². The number of imidazole rings is 1. The summed E-state index contributed by atoms with van der Waals surface area (Å²) in [5, 5.41) is 4.00. The largest absolute Gasteiger partial charge is 0.382 e. The van der Waals surface area contributed by atoms with Crippen LogP contribution in [0.25, 0.3) is 33.3 Å². The normalized spacial score (nSPS) is 11.2. The van der Waals surface area contributed by atoms with Gasteiger partial charge in [-0.1, -0.05) is 48.5 Å². The van der Waals surface area contributed by atoms with Gasteiger partial charge < -0.3 is 15.6 Å². The SMILES string of the molecule is Nc1nc2ccccc2c2c1nc(-c1ccccc1)n2CCCCNC(=O)c1cccnc1. The fourth-order valence-corrected chi connectivity index (χ4v) is 4.08. The highest BCUT2D eigenvalue weighted by atomic mass is 16.1. The predicted octanol–water partition coefficient (Wildman–Crippen LogP) is 4.44. The number of aromatic nitrogens is 4. The van der Waals surface area contributed by atoms with Crippen LogP contribution in [0.4, 0.5) is 5.82 Å². The molecule has 0 atom stereocenters. The third-order valence-electron chi connectivity index (χ3n) is 5.66. The van der Waals surface area contributed by atoms with Crippen molar-refractivity contribution < 1.29 is 4.79 Å². The number of benzene rings is 2. The molecule has 0 saturated carbocycles. The standard InChI is InChI=1S/C26H24N6O/c27-24-22-23(20-12-4-5-13-21(20)30-24)32(25(31-22)18-9-2-1-3-10-18)16-7-6-15-29-26(33)19-11-8-14-28-17-19/h1-5,8-14,17H,6-7,15-16H2,(H2,27,30)(H,29,33). The van der Waals surface area contributed by atoms with Crippen LogP contribution in [0.1, 0.15) is 23.2 Å². The van der Waals surface area contributed by atoms with Crippen LogP contribution in [-0.2, 0) is 6.54 Å². The first kappa shape index (κ1) is 20.6. The Morgan fingerprint density at radius 2 is 1.76 bits per heavy atom. The molecule has 33 heavy (non-hydrogen) atoms. The van der Waals surface area contributed by atoms with E-state index in [2.05, 4.69) is 38.1 Å². The number of carbonyl (C=O) groups is 1. The highest BCUT2D eigenvalue weighted by Crippen LogP contribution is 2.32. The average Bonchev–Trinajstić information content (AvgIpc) is 3.25. The number of nitrogen functional groups attached to an aromatic ring is 1. The van der Waals surface area contributed by atoms with E-state index in [-0.39, 0.29) is 5.91 Å². The number of carbonyl (C=O) groups excluding carboxylic acids is 1. The van der Waals surface area contributed by atoms with Gasteiger partial charge in [-0.25, -0.2) is 9.97 Å². The number of para-hydroxylation sites is 1. The van der Waals surface area contributed by atoms with Crippen molar-refractivity contribution in [2.24, 2.45) is 0 Å². The lowest BCUT2D eigenvalue weighted by atomic mass is 10.1. The molecule has 0 radical (unpaired) electrons. The first-order valence-corrected chi connectivity index (χ1v) is 11.0. The Hall–Kier alpha value is -4.26. The molecule has 164 valence electrons. The summed E-state index contributed by atoms with van der Waals surface area (Å²) in [6.45, 7) is 1.34. The zero-order chi connectivity index (χ0) is 22.6. The molecule has 3 aromatic heterocycles. The third kappa shape index (κ3) is 4.13. The van der Waals surface area contributed by atoms with Gasteiger partial charge in [0.25, 0.3) is 5.91 Å². The molecule has 0 unspecified atom stereocenters. The molecule has 0 fully saturated rings. The second-order valence-corrected chi connectivity index (χ2v) is 7.87. The van der Waals surface area contributed by atoms with Crippen LogP contribution < -0.4 is 11.1 Å². The Kier molecular flexibility index (Phi) is 5.68. The molecule has 2 aromatic carbocycles.